The van der Waals surface area contributed by atoms with Crippen molar-refractivity contribution in [3.63, 3.8) is 0 Å². The molecule has 1 aromatic heterocycles. The number of Topliss-reactive ketones (excluding diaryl/α,β-unsaturated/α-hetero) is 1. The summed E-state index contributed by atoms with van der Waals surface area (Å²) in [5.74, 6) is 2.16. The monoisotopic (exact) mass is 415 g/mol. The van der Waals surface area contributed by atoms with Crippen LogP contribution in [0, 0.1) is 0 Å². The quantitative estimate of drug-likeness (QED) is 0.693. The summed E-state index contributed by atoms with van der Waals surface area (Å²) in [5.41, 5.74) is 4.66. The molecule has 1 aliphatic carbocycles. The molecule has 5 rings (SSSR count). The molecule has 1 aliphatic heterocycles. The maximum absolute atomic E-state index is 13.0. The van der Waals surface area contributed by atoms with Crippen molar-refractivity contribution in [1.29, 1.82) is 0 Å². The van der Waals surface area contributed by atoms with E-state index in [1.807, 2.05) is 67.3 Å². The number of allylic oxidation sites excluding steroid dienone is 2. The number of carbonyl (C=O) groups is 1. The van der Waals surface area contributed by atoms with Gasteiger partial charge in [-0.1, -0.05) is 18.2 Å². The van der Waals surface area contributed by atoms with Crippen LogP contribution in [0.25, 0.3) is 11.4 Å². The number of nitrogens with zero attached hydrogens (tertiary/aromatic N) is 4. The van der Waals surface area contributed by atoms with Crippen LogP contribution in [0.15, 0.2) is 59.8 Å². The first-order valence-corrected chi connectivity index (χ1v) is 10.5. The van der Waals surface area contributed by atoms with Gasteiger partial charge in [-0.05, 0) is 43.2 Å². The molecule has 2 aromatic carbocycles. The van der Waals surface area contributed by atoms with Gasteiger partial charge >= 0.3 is 0 Å². The molecule has 31 heavy (non-hydrogen) atoms. The summed E-state index contributed by atoms with van der Waals surface area (Å²) in [5, 5.41) is 8.23. The molecule has 0 amide bonds. The van der Waals surface area contributed by atoms with Crippen LogP contribution in [0.1, 0.15) is 30.9 Å². The van der Waals surface area contributed by atoms with E-state index in [1.54, 1.807) is 7.11 Å². The first-order valence-electron chi connectivity index (χ1n) is 10.5. The van der Waals surface area contributed by atoms with Crippen molar-refractivity contribution in [3.05, 3.63) is 65.4 Å². The minimum absolute atomic E-state index is 0.155. The summed E-state index contributed by atoms with van der Waals surface area (Å²) in [7, 11) is 5.67. The summed E-state index contributed by atoms with van der Waals surface area (Å²) >= 11 is 0. The second-order valence-corrected chi connectivity index (χ2v) is 8.08. The topological polar surface area (TPSA) is 72.3 Å². The SMILES string of the molecule is COc1ccccc1C1C2=C(CCCC2=O)Nc2nc(-c3ccc(N(C)C)cc3)nn21. The van der Waals surface area contributed by atoms with E-state index in [0.717, 1.165) is 46.7 Å². The smallest absolute Gasteiger partial charge is 0.226 e. The molecule has 3 aromatic rings. The van der Waals surface area contributed by atoms with E-state index in [9.17, 15) is 4.79 Å². The Hall–Kier alpha value is -3.61. The van der Waals surface area contributed by atoms with Crippen molar-refractivity contribution < 1.29 is 9.53 Å². The molecule has 0 fully saturated rings. The molecule has 7 nitrogen and oxygen atoms in total. The highest BCUT2D eigenvalue weighted by molar-refractivity contribution is 5.99. The lowest BCUT2D eigenvalue weighted by Gasteiger charge is -2.32. The predicted molar refractivity (Wildman–Crippen MR) is 120 cm³/mol. The van der Waals surface area contributed by atoms with E-state index in [0.29, 0.717) is 18.2 Å². The second-order valence-electron chi connectivity index (χ2n) is 8.08. The summed E-state index contributed by atoms with van der Waals surface area (Å²) < 4.78 is 7.46. The van der Waals surface area contributed by atoms with E-state index < -0.39 is 0 Å². The Kier molecular flexibility index (Phi) is 4.73. The van der Waals surface area contributed by atoms with Crippen molar-refractivity contribution >= 4 is 17.4 Å². The molecule has 0 saturated heterocycles. The zero-order valence-electron chi connectivity index (χ0n) is 17.9. The second kappa shape index (κ2) is 7.58. The number of ketones is 1. The van der Waals surface area contributed by atoms with E-state index in [4.69, 9.17) is 14.8 Å². The lowest BCUT2D eigenvalue weighted by atomic mass is 9.85. The lowest BCUT2D eigenvalue weighted by molar-refractivity contribution is -0.116. The zero-order chi connectivity index (χ0) is 21.5. The van der Waals surface area contributed by atoms with Gasteiger partial charge in [-0.3, -0.25) is 4.79 Å². The Morgan fingerprint density at radius 3 is 2.61 bits per heavy atom. The Bertz CT molecular complexity index is 1180. The molecule has 158 valence electrons. The average Bonchev–Trinajstić information content (AvgIpc) is 3.21. The highest BCUT2D eigenvalue weighted by atomic mass is 16.5. The van der Waals surface area contributed by atoms with E-state index in [1.165, 1.54) is 0 Å². The molecular formula is C24H25N5O2. The fraction of sp³-hybridized carbons (Fsp3) is 0.292. The summed E-state index contributed by atoms with van der Waals surface area (Å²) in [6.07, 6.45) is 2.22. The molecular weight excluding hydrogens is 390 g/mol. The number of rotatable bonds is 4. The van der Waals surface area contributed by atoms with Gasteiger partial charge in [0.15, 0.2) is 11.6 Å². The van der Waals surface area contributed by atoms with Crippen molar-refractivity contribution in [2.24, 2.45) is 0 Å². The average molecular weight is 415 g/mol. The normalized spacial score (nSPS) is 17.6. The molecule has 1 N–H and O–H groups in total. The first-order chi connectivity index (χ1) is 15.1. The van der Waals surface area contributed by atoms with Gasteiger partial charge in [-0.15, -0.1) is 5.10 Å². The number of para-hydroxylation sites is 1. The number of hydrogen-bond acceptors (Lipinski definition) is 6. The molecule has 1 unspecified atom stereocenters. The fourth-order valence-electron chi connectivity index (χ4n) is 4.37. The number of fused-ring (bicyclic) bond motifs is 1. The van der Waals surface area contributed by atoms with E-state index in [-0.39, 0.29) is 11.8 Å². The highest BCUT2D eigenvalue weighted by Crippen LogP contribution is 2.43. The van der Waals surface area contributed by atoms with Crippen LogP contribution in [0.4, 0.5) is 11.6 Å². The molecule has 0 saturated carbocycles. The van der Waals surface area contributed by atoms with Gasteiger partial charge in [-0.25, -0.2) is 4.68 Å². The van der Waals surface area contributed by atoms with E-state index in [2.05, 4.69) is 10.2 Å². The van der Waals surface area contributed by atoms with Crippen molar-refractivity contribution in [3.8, 4) is 17.1 Å². The third kappa shape index (κ3) is 3.26. The standard InChI is InChI=1S/C24H25N5O2/c1-28(2)16-13-11-15(12-14-16)23-26-24-25-18-8-6-9-19(30)21(18)22(29(24)27-23)17-7-4-5-10-20(17)31-3/h4-5,7,10-14,22H,6,8-9H2,1-3H3,(H,25,26,27). The maximum atomic E-state index is 13.0. The van der Waals surface area contributed by atoms with Crippen LogP contribution < -0.4 is 15.0 Å². The number of carbonyl (C=O) groups excluding carboxylic acids is 1. The number of methoxy groups -OCH3 is 1. The van der Waals surface area contributed by atoms with Gasteiger partial charge in [0.2, 0.25) is 5.95 Å². The van der Waals surface area contributed by atoms with Crippen LogP contribution in [-0.2, 0) is 4.79 Å². The predicted octanol–water partition coefficient (Wildman–Crippen LogP) is 4.04. The van der Waals surface area contributed by atoms with E-state index >= 15 is 0 Å². The van der Waals surface area contributed by atoms with Crippen molar-refractivity contribution in [2.75, 3.05) is 31.4 Å². The van der Waals surface area contributed by atoms with Crippen molar-refractivity contribution in [1.82, 2.24) is 14.8 Å². The van der Waals surface area contributed by atoms with Gasteiger partial charge in [0, 0.05) is 48.6 Å². The Morgan fingerprint density at radius 1 is 1.10 bits per heavy atom. The number of anilines is 2. The number of nitrogens with one attached hydrogen (secondary N) is 1. The Balaban J connectivity index is 1.65. The largest absolute Gasteiger partial charge is 0.496 e. The summed E-state index contributed by atoms with van der Waals surface area (Å²) in [6, 6.07) is 15.6. The Labute approximate surface area is 181 Å². The first kappa shape index (κ1) is 19.4. The minimum Gasteiger partial charge on any atom is -0.496 e. The molecule has 0 radical (unpaired) electrons. The maximum Gasteiger partial charge on any atom is 0.226 e. The Morgan fingerprint density at radius 2 is 1.87 bits per heavy atom. The van der Waals surface area contributed by atoms with Crippen LogP contribution in [0.3, 0.4) is 0 Å². The molecule has 2 heterocycles. The van der Waals surface area contributed by atoms with Gasteiger partial charge in [0.1, 0.15) is 11.8 Å². The molecule has 0 spiro atoms. The summed E-state index contributed by atoms with van der Waals surface area (Å²) in [4.78, 5) is 19.8. The highest BCUT2D eigenvalue weighted by Gasteiger charge is 2.38. The molecule has 1 atom stereocenters. The van der Waals surface area contributed by atoms with Crippen LogP contribution >= 0.6 is 0 Å². The third-order valence-electron chi connectivity index (χ3n) is 5.94. The molecule has 2 aliphatic rings. The zero-order valence-corrected chi connectivity index (χ0v) is 17.9. The molecule has 0 bridgehead atoms. The van der Waals surface area contributed by atoms with Crippen molar-refractivity contribution in [2.45, 2.75) is 25.3 Å². The van der Waals surface area contributed by atoms with Gasteiger partial charge < -0.3 is 15.0 Å². The number of hydrogen-bond donors (Lipinski definition) is 1. The fourth-order valence-corrected chi connectivity index (χ4v) is 4.37. The van der Waals surface area contributed by atoms with Crippen LogP contribution in [0.2, 0.25) is 0 Å². The summed E-state index contributed by atoms with van der Waals surface area (Å²) in [6.45, 7) is 0. The number of ether oxygens (including phenoxy) is 1. The van der Waals surface area contributed by atoms with Gasteiger partial charge in [0.05, 0.1) is 7.11 Å². The van der Waals surface area contributed by atoms with Crippen LogP contribution in [-0.4, -0.2) is 41.8 Å². The van der Waals surface area contributed by atoms with Crippen LogP contribution in [0.5, 0.6) is 5.75 Å². The minimum atomic E-state index is -0.363. The van der Waals surface area contributed by atoms with Gasteiger partial charge in [0.25, 0.3) is 0 Å². The van der Waals surface area contributed by atoms with Gasteiger partial charge in [-0.2, -0.15) is 4.98 Å². The molecule has 7 heteroatoms. The number of benzene rings is 2. The number of aromatic nitrogens is 3. The lowest BCUT2D eigenvalue weighted by Crippen LogP contribution is -2.31. The third-order valence-corrected chi connectivity index (χ3v) is 5.94.